The maximum absolute atomic E-state index is 13.8. The number of nitrogens with one attached hydrogen (secondary N) is 1. The Labute approximate surface area is 93.3 Å². The van der Waals surface area contributed by atoms with Crippen LogP contribution >= 0.6 is 0 Å². The normalized spacial score (nSPS) is 21.2. The average Bonchev–Trinajstić information content (AvgIpc) is 2.75. The van der Waals surface area contributed by atoms with E-state index < -0.39 is 11.8 Å². The minimum absolute atomic E-state index is 0.106. The fourth-order valence-electron chi connectivity index (χ4n) is 2.05. The van der Waals surface area contributed by atoms with Gasteiger partial charge in [-0.15, -0.1) is 0 Å². The molecule has 0 saturated carbocycles. The van der Waals surface area contributed by atoms with Crippen molar-refractivity contribution in [2.24, 2.45) is 5.92 Å². The van der Waals surface area contributed by atoms with Crippen LogP contribution in [0.15, 0.2) is 24.3 Å². The Morgan fingerprint density at radius 2 is 2.00 bits per heavy atom. The molecule has 0 aromatic heterocycles. The lowest BCUT2D eigenvalue weighted by molar-refractivity contribution is -0.0499. The van der Waals surface area contributed by atoms with E-state index in [4.69, 9.17) is 5.11 Å². The minimum atomic E-state index is -2.67. The number of hydrogen-bond acceptors (Lipinski definition) is 2. The second-order valence-corrected chi connectivity index (χ2v) is 4.29. The third-order valence-electron chi connectivity index (χ3n) is 3.03. The van der Waals surface area contributed by atoms with Gasteiger partial charge >= 0.3 is 0 Å². The van der Waals surface area contributed by atoms with Crippen molar-refractivity contribution in [3.05, 3.63) is 29.8 Å². The summed E-state index contributed by atoms with van der Waals surface area (Å²) in [5.74, 6) is -3.13. The first-order valence-electron chi connectivity index (χ1n) is 5.44. The molecule has 1 aromatic rings. The highest BCUT2D eigenvalue weighted by atomic mass is 19.3. The molecule has 1 atom stereocenters. The van der Waals surface area contributed by atoms with E-state index in [0.717, 1.165) is 0 Å². The second-order valence-electron chi connectivity index (χ2n) is 4.29. The average molecular weight is 227 g/mol. The van der Waals surface area contributed by atoms with Gasteiger partial charge in [-0.1, -0.05) is 12.1 Å². The van der Waals surface area contributed by atoms with Gasteiger partial charge in [-0.25, -0.2) is 8.78 Å². The van der Waals surface area contributed by atoms with Crippen LogP contribution in [0.2, 0.25) is 0 Å². The summed E-state index contributed by atoms with van der Waals surface area (Å²) in [6.07, 6.45) is 0.282. The largest absolute Gasteiger partial charge is 0.508 e. The monoisotopic (exact) mass is 227 g/mol. The summed E-state index contributed by atoms with van der Waals surface area (Å²) in [5, 5.41) is 12.0. The predicted molar refractivity (Wildman–Crippen MR) is 57.7 cm³/mol. The van der Waals surface area contributed by atoms with E-state index in [9.17, 15) is 8.78 Å². The first kappa shape index (κ1) is 11.3. The third kappa shape index (κ3) is 2.50. The molecule has 0 spiro atoms. The summed E-state index contributed by atoms with van der Waals surface area (Å²) >= 11 is 0. The first-order valence-corrected chi connectivity index (χ1v) is 5.44. The zero-order chi connectivity index (χ0) is 11.6. The van der Waals surface area contributed by atoms with Crippen LogP contribution < -0.4 is 5.32 Å². The second kappa shape index (κ2) is 4.37. The number of alkyl halides is 2. The molecule has 1 aromatic carbocycles. The highest BCUT2D eigenvalue weighted by Crippen LogP contribution is 2.32. The fourth-order valence-corrected chi connectivity index (χ4v) is 2.05. The lowest BCUT2D eigenvalue weighted by Crippen LogP contribution is -2.32. The van der Waals surface area contributed by atoms with E-state index in [1.165, 1.54) is 12.1 Å². The van der Waals surface area contributed by atoms with Crippen LogP contribution in [0.3, 0.4) is 0 Å². The predicted octanol–water partition coefficient (Wildman–Crippen LogP) is 2.18. The molecule has 1 unspecified atom stereocenters. The molecule has 1 saturated heterocycles. The van der Waals surface area contributed by atoms with Crippen LogP contribution in [0.5, 0.6) is 5.75 Å². The van der Waals surface area contributed by atoms with E-state index in [-0.39, 0.29) is 12.2 Å². The summed E-state index contributed by atoms with van der Waals surface area (Å²) < 4.78 is 27.6. The lowest BCUT2D eigenvalue weighted by Gasteiger charge is -2.22. The third-order valence-corrected chi connectivity index (χ3v) is 3.03. The summed E-state index contributed by atoms with van der Waals surface area (Å²) in [6.45, 7) is 1.07. The molecule has 0 aliphatic carbocycles. The van der Waals surface area contributed by atoms with Gasteiger partial charge in [0.15, 0.2) is 0 Å². The van der Waals surface area contributed by atoms with Gasteiger partial charge in [0, 0.05) is 18.9 Å². The fraction of sp³-hybridized carbons (Fsp3) is 0.500. The van der Waals surface area contributed by atoms with Gasteiger partial charge in [0.2, 0.25) is 0 Å². The number of aromatic hydroxyl groups is 1. The van der Waals surface area contributed by atoms with E-state index in [1.807, 2.05) is 0 Å². The number of phenolic OH excluding ortho intramolecular Hbond substituents is 1. The Morgan fingerprint density at radius 3 is 2.56 bits per heavy atom. The van der Waals surface area contributed by atoms with Gasteiger partial charge in [0.05, 0.1) is 0 Å². The summed E-state index contributed by atoms with van der Waals surface area (Å²) in [5.41, 5.74) is 0.565. The molecule has 2 rings (SSSR count). The standard InChI is InChI=1S/C12H15F2NO/c13-12(14,10-5-6-15-8-10)7-9-1-3-11(16)4-2-9/h1-4,10,15-16H,5-8H2. The van der Waals surface area contributed by atoms with Crippen molar-refractivity contribution in [3.63, 3.8) is 0 Å². The van der Waals surface area contributed by atoms with Gasteiger partial charge in [0.25, 0.3) is 5.92 Å². The maximum atomic E-state index is 13.8. The van der Waals surface area contributed by atoms with Gasteiger partial charge in [-0.05, 0) is 30.7 Å². The summed E-state index contributed by atoms with van der Waals surface area (Å²) in [7, 11) is 0. The van der Waals surface area contributed by atoms with Crippen LogP contribution in [0.1, 0.15) is 12.0 Å². The number of halogens is 2. The van der Waals surface area contributed by atoms with Gasteiger partial charge in [-0.3, -0.25) is 0 Å². The smallest absolute Gasteiger partial charge is 0.256 e. The van der Waals surface area contributed by atoms with E-state index >= 15 is 0 Å². The molecule has 1 aliphatic heterocycles. The number of rotatable bonds is 3. The van der Waals surface area contributed by atoms with Gasteiger partial charge in [0.1, 0.15) is 5.75 Å². The molecule has 1 heterocycles. The molecule has 2 N–H and O–H groups in total. The van der Waals surface area contributed by atoms with Crippen molar-refractivity contribution in [2.45, 2.75) is 18.8 Å². The molecule has 0 amide bonds. The van der Waals surface area contributed by atoms with Crippen molar-refractivity contribution in [1.82, 2.24) is 5.32 Å². The van der Waals surface area contributed by atoms with E-state index in [1.54, 1.807) is 12.1 Å². The van der Waals surface area contributed by atoms with Crippen LogP contribution in [0, 0.1) is 5.92 Å². The SMILES string of the molecule is Oc1ccc(CC(F)(F)C2CCNC2)cc1. The molecular formula is C12H15F2NO. The number of hydrogen-bond donors (Lipinski definition) is 2. The maximum Gasteiger partial charge on any atom is 0.256 e. The van der Waals surface area contributed by atoms with E-state index in [2.05, 4.69) is 5.32 Å². The van der Waals surface area contributed by atoms with E-state index in [0.29, 0.717) is 25.1 Å². The summed E-state index contributed by atoms with van der Waals surface area (Å²) in [4.78, 5) is 0. The molecule has 2 nitrogen and oxygen atoms in total. The molecule has 4 heteroatoms. The molecule has 16 heavy (non-hydrogen) atoms. The minimum Gasteiger partial charge on any atom is -0.508 e. The Morgan fingerprint density at radius 1 is 1.31 bits per heavy atom. The Bertz CT molecular complexity index is 345. The Kier molecular flexibility index (Phi) is 3.10. The van der Waals surface area contributed by atoms with Crippen molar-refractivity contribution < 1.29 is 13.9 Å². The molecule has 0 bridgehead atoms. The zero-order valence-corrected chi connectivity index (χ0v) is 8.92. The molecular weight excluding hydrogens is 212 g/mol. The van der Waals surface area contributed by atoms with Crippen LogP contribution in [-0.2, 0) is 6.42 Å². The molecule has 88 valence electrons. The van der Waals surface area contributed by atoms with Gasteiger partial charge in [-0.2, -0.15) is 0 Å². The van der Waals surface area contributed by atoms with Gasteiger partial charge < -0.3 is 10.4 Å². The van der Waals surface area contributed by atoms with Crippen LogP contribution in [0.25, 0.3) is 0 Å². The highest BCUT2D eigenvalue weighted by molar-refractivity contribution is 5.26. The summed E-state index contributed by atoms with van der Waals surface area (Å²) in [6, 6.07) is 5.98. The lowest BCUT2D eigenvalue weighted by atomic mass is 9.94. The quantitative estimate of drug-likeness (QED) is 0.829. The van der Waals surface area contributed by atoms with Crippen molar-refractivity contribution in [1.29, 1.82) is 0 Å². The first-order chi connectivity index (χ1) is 7.58. The molecule has 0 radical (unpaired) electrons. The van der Waals surface area contributed by atoms with Crippen LogP contribution in [-0.4, -0.2) is 24.1 Å². The zero-order valence-electron chi connectivity index (χ0n) is 8.92. The van der Waals surface area contributed by atoms with Crippen molar-refractivity contribution in [3.8, 4) is 5.75 Å². The van der Waals surface area contributed by atoms with Crippen molar-refractivity contribution >= 4 is 0 Å². The number of phenols is 1. The topological polar surface area (TPSA) is 32.3 Å². The molecule has 1 fully saturated rings. The molecule has 1 aliphatic rings. The Balaban J connectivity index is 2.04. The van der Waals surface area contributed by atoms with Crippen LogP contribution in [0.4, 0.5) is 8.78 Å². The highest BCUT2D eigenvalue weighted by Gasteiger charge is 2.40. The number of benzene rings is 1. The van der Waals surface area contributed by atoms with Crippen molar-refractivity contribution in [2.75, 3.05) is 13.1 Å². The Hall–Kier alpha value is -1.16.